The first kappa shape index (κ1) is 16.8. The molecule has 0 aromatic heterocycles. The monoisotopic (exact) mass is 316 g/mol. The van der Waals surface area contributed by atoms with Crippen LogP contribution in [0.2, 0.25) is 0 Å². The molecule has 0 radical (unpaired) electrons. The van der Waals surface area contributed by atoms with Crippen LogP contribution < -0.4 is 9.47 Å². The van der Waals surface area contributed by atoms with E-state index < -0.39 is 0 Å². The standard InChI is InChI=1S/C17H20N2O4/c1-3-23-16-11-13(4-5-15(16)21-2)10-14(12-18)17(20)19-6-8-22-9-7-19/h4-5,10-11H,3,6-9H2,1-2H3/b14-10+. The van der Waals surface area contributed by atoms with Crippen molar-refractivity contribution >= 4 is 12.0 Å². The van der Waals surface area contributed by atoms with Gasteiger partial charge in [-0.3, -0.25) is 4.79 Å². The van der Waals surface area contributed by atoms with Crippen molar-refractivity contribution < 1.29 is 19.0 Å². The van der Waals surface area contributed by atoms with E-state index >= 15 is 0 Å². The average Bonchev–Trinajstić information content (AvgIpc) is 2.60. The van der Waals surface area contributed by atoms with Gasteiger partial charge in [0.1, 0.15) is 11.6 Å². The van der Waals surface area contributed by atoms with Gasteiger partial charge in [0.05, 0.1) is 26.9 Å². The number of carbonyl (C=O) groups excluding carboxylic acids is 1. The van der Waals surface area contributed by atoms with Crippen LogP contribution in [-0.2, 0) is 9.53 Å². The van der Waals surface area contributed by atoms with Crippen molar-refractivity contribution in [2.75, 3.05) is 40.0 Å². The molecule has 0 unspecified atom stereocenters. The third-order valence-electron chi connectivity index (χ3n) is 3.45. The zero-order chi connectivity index (χ0) is 16.7. The highest BCUT2D eigenvalue weighted by Gasteiger charge is 2.20. The van der Waals surface area contributed by atoms with Gasteiger partial charge in [0.2, 0.25) is 0 Å². The number of carbonyl (C=O) groups is 1. The molecule has 6 heteroatoms. The van der Waals surface area contributed by atoms with E-state index in [9.17, 15) is 10.1 Å². The molecule has 1 amide bonds. The minimum atomic E-state index is -0.274. The number of benzene rings is 1. The number of methoxy groups -OCH3 is 1. The molecule has 1 heterocycles. The summed E-state index contributed by atoms with van der Waals surface area (Å²) in [7, 11) is 1.57. The Morgan fingerprint density at radius 1 is 1.39 bits per heavy atom. The molecule has 1 aromatic carbocycles. The summed E-state index contributed by atoms with van der Waals surface area (Å²) in [4.78, 5) is 14.0. The van der Waals surface area contributed by atoms with E-state index in [0.29, 0.717) is 50.0 Å². The molecule has 1 aromatic rings. The molecule has 1 aliphatic rings. The summed E-state index contributed by atoms with van der Waals surface area (Å²) in [5.74, 6) is 0.923. The van der Waals surface area contributed by atoms with Gasteiger partial charge in [0.15, 0.2) is 11.5 Å². The Bertz CT molecular complexity index is 628. The van der Waals surface area contributed by atoms with Gasteiger partial charge in [-0.2, -0.15) is 5.26 Å². The molecule has 122 valence electrons. The lowest BCUT2D eigenvalue weighted by Crippen LogP contribution is -2.41. The highest BCUT2D eigenvalue weighted by molar-refractivity contribution is 6.01. The van der Waals surface area contributed by atoms with Crippen LogP contribution in [0.5, 0.6) is 11.5 Å². The van der Waals surface area contributed by atoms with E-state index in [1.807, 2.05) is 13.0 Å². The third-order valence-corrected chi connectivity index (χ3v) is 3.45. The summed E-state index contributed by atoms with van der Waals surface area (Å²) in [6, 6.07) is 7.28. The molecule has 0 saturated carbocycles. The zero-order valence-corrected chi connectivity index (χ0v) is 13.4. The maximum atomic E-state index is 12.4. The van der Waals surface area contributed by atoms with Gasteiger partial charge in [-0.05, 0) is 30.7 Å². The number of amides is 1. The molecule has 1 saturated heterocycles. The maximum Gasteiger partial charge on any atom is 0.264 e. The molecule has 1 aliphatic heterocycles. The second-order valence-corrected chi connectivity index (χ2v) is 4.92. The summed E-state index contributed by atoms with van der Waals surface area (Å²) in [6.07, 6.45) is 1.57. The smallest absolute Gasteiger partial charge is 0.264 e. The topological polar surface area (TPSA) is 71.8 Å². The number of hydrogen-bond donors (Lipinski definition) is 0. The summed E-state index contributed by atoms with van der Waals surface area (Å²) in [5.41, 5.74) is 0.812. The fourth-order valence-corrected chi connectivity index (χ4v) is 2.30. The van der Waals surface area contributed by atoms with Gasteiger partial charge in [0.25, 0.3) is 5.91 Å². The number of nitrogens with zero attached hydrogens (tertiary/aromatic N) is 2. The normalized spacial score (nSPS) is 15.0. The van der Waals surface area contributed by atoms with Crippen LogP contribution in [-0.4, -0.2) is 50.8 Å². The number of hydrogen-bond acceptors (Lipinski definition) is 5. The van der Waals surface area contributed by atoms with E-state index in [-0.39, 0.29) is 11.5 Å². The van der Waals surface area contributed by atoms with Crippen LogP contribution in [0.4, 0.5) is 0 Å². The fraction of sp³-hybridized carbons (Fsp3) is 0.412. The van der Waals surface area contributed by atoms with Crippen molar-refractivity contribution in [3.8, 4) is 17.6 Å². The van der Waals surface area contributed by atoms with Gasteiger partial charge >= 0.3 is 0 Å². The van der Waals surface area contributed by atoms with Crippen LogP contribution in [0.1, 0.15) is 12.5 Å². The molecule has 0 aliphatic carbocycles. The molecule has 1 fully saturated rings. The van der Waals surface area contributed by atoms with Crippen molar-refractivity contribution in [3.05, 3.63) is 29.3 Å². The predicted molar refractivity (Wildman–Crippen MR) is 85.2 cm³/mol. The second-order valence-electron chi connectivity index (χ2n) is 4.92. The zero-order valence-electron chi connectivity index (χ0n) is 13.4. The Morgan fingerprint density at radius 3 is 2.74 bits per heavy atom. The van der Waals surface area contributed by atoms with E-state index in [1.54, 1.807) is 36.3 Å². The Labute approximate surface area is 135 Å². The lowest BCUT2D eigenvalue weighted by Gasteiger charge is -2.26. The summed E-state index contributed by atoms with van der Waals surface area (Å²) >= 11 is 0. The summed E-state index contributed by atoms with van der Waals surface area (Å²) in [6.45, 7) is 4.39. The first-order valence-electron chi connectivity index (χ1n) is 7.49. The summed E-state index contributed by atoms with van der Waals surface area (Å²) in [5, 5.41) is 9.31. The van der Waals surface area contributed by atoms with Gasteiger partial charge in [-0.25, -0.2) is 0 Å². The Morgan fingerprint density at radius 2 is 2.13 bits per heavy atom. The third kappa shape index (κ3) is 4.24. The van der Waals surface area contributed by atoms with E-state index in [1.165, 1.54) is 0 Å². The summed E-state index contributed by atoms with van der Waals surface area (Å²) < 4.78 is 16.0. The largest absolute Gasteiger partial charge is 0.493 e. The number of morpholine rings is 1. The van der Waals surface area contributed by atoms with Crippen LogP contribution in [0.15, 0.2) is 23.8 Å². The van der Waals surface area contributed by atoms with Crippen molar-refractivity contribution in [2.45, 2.75) is 6.92 Å². The molecule has 0 bridgehead atoms. The molecule has 0 spiro atoms. The van der Waals surface area contributed by atoms with Gasteiger partial charge in [0, 0.05) is 13.1 Å². The lowest BCUT2D eigenvalue weighted by molar-refractivity contribution is -0.130. The van der Waals surface area contributed by atoms with E-state index in [0.717, 1.165) is 0 Å². The van der Waals surface area contributed by atoms with E-state index in [4.69, 9.17) is 14.2 Å². The molecular formula is C17H20N2O4. The highest BCUT2D eigenvalue weighted by Crippen LogP contribution is 2.29. The molecule has 6 nitrogen and oxygen atoms in total. The van der Waals surface area contributed by atoms with Gasteiger partial charge in [-0.1, -0.05) is 6.07 Å². The van der Waals surface area contributed by atoms with E-state index in [2.05, 4.69) is 0 Å². The van der Waals surface area contributed by atoms with Crippen LogP contribution in [0, 0.1) is 11.3 Å². The number of rotatable bonds is 5. The minimum Gasteiger partial charge on any atom is -0.493 e. The minimum absolute atomic E-state index is 0.0968. The Balaban J connectivity index is 2.25. The SMILES string of the molecule is CCOc1cc(/C=C(\C#N)C(=O)N2CCOCC2)ccc1OC. The Hall–Kier alpha value is -2.52. The average molecular weight is 316 g/mol. The van der Waals surface area contributed by atoms with Crippen LogP contribution in [0.3, 0.4) is 0 Å². The van der Waals surface area contributed by atoms with Gasteiger partial charge in [-0.15, -0.1) is 0 Å². The maximum absolute atomic E-state index is 12.4. The lowest BCUT2D eigenvalue weighted by atomic mass is 10.1. The van der Waals surface area contributed by atoms with Crippen molar-refractivity contribution in [1.29, 1.82) is 5.26 Å². The Kier molecular flexibility index (Phi) is 6.01. The molecule has 0 N–H and O–H groups in total. The molecular weight excluding hydrogens is 296 g/mol. The predicted octanol–water partition coefficient (Wildman–Crippen LogP) is 1.86. The quantitative estimate of drug-likeness (QED) is 0.612. The number of nitriles is 1. The highest BCUT2D eigenvalue weighted by atomic mass is 16.5. The van der Waals surface area contributed by atoms with Crippen LogP contribution in [0.25, 0.3) is 6.08 Å². The molecule has 2 rings (SSSR count). The first-order chi connectivity index (χ1) is 11.2. The van der Waals surface area contributed by atoms with Crippen molar-refractivity contribution in [3.63, 3.8) is 0 Å². The molecule has 0 atom stereocenters. The first-order valence-corrected chi connectivity index (χ1v) is 7.49. The second kappa shape index (κ2) is 8.20. The van der Waals surface area contributed by atoms with Gasteiger partial charge < -0.3 is 19.1 Å². The van der Waals surface area contributed by atoms with Crippen molar-refractivity contribution in [1.82, 2.24) is 4.90 Å². The fourth-order valence-electron chi connectivity index (χ4n) is 2.30. The number of ether oxygens (including phenoxy) is 3. The van der Waals surface area contributed by atoms with Crippen molar-refractivity contribution in [2.24, 2.45) is 0 Å². The van der Waals surface area contributed by atoms with Crippen LogP contribution >= 0.6 is 0 Å². The molecule has 23 heavy (non-hydrogen) atoms.